The standard InChI is InChI=1S/C20H17F2N3O4S/c21-14-1-2-15(16(22)9-14)19(26)25-6-3-12(4-7-25)20(27)28-10-17-23-18(24-29-17)13-5-8-30-11-13/h1-2,5,8-9,11-12H,3-4,6-7,10H2. The number of benzene rings is 1. The van der Waals surface area contributed by atoms with Crippen molar-refractivity contribution >= 4 is 23.2 Å². The van der Waals surface area contributed by atoms with Crippen LogP contribution in [0, 0.1) is 17.6 Å². The molecule has 0 unspecified atom stereocenters. The molecule has 0 bridgehead atoms. The summed E-state index contributed by atoms with van der Waals surface area (Å²) in [6, 6.07) is 4.71. The number of ether oxygens (including phenoxy) is 1. The van der Waals surface area contributed by atoms with Crippen molar-refractivity contribution in [1.29, 1.82) is 0 Å². The van der Waals surface area contributed by atoms with Crippen LogP contribution < -0.4 is 0 Å². The zero-order chi connectivity index (χ0) is 21.1. The SMILES string of the molecule is O=C(OCc1nc(-c2ccsc2)no1)C1CCN(C(=O)c2ccc(F)cc2F)CC1. The second-order valence-corrected chi connectivity index (χ2v) is 7.60. The van der Waals surface area contributed by atoms with Gasteiger partial charge in [0.25, 0.3) is 11.8 Å². The smallest absolute Gasteiger partial charge is 0.309 e. The monoisotopic (exact) mass is 433 g/mol. The van der Waals surface area contributed by atoms with Crippen LogP contribution in [0.25, 0.3) is 11.4 Å². The van der Waals surface area contributed by atoms with Gasteiger partial charge in [0.2, 0.25) is 5.82 Å². The van der Waals surface area contributed by atoms with E-state index < -0.39 is 23.5 Å². The Bertz CT molecular complexity index is 1050. The summed E-state index contributed by atoms with van der Waals surface area (Å²) in [6.45, 7) is 0.423. The summed E-state index contributed by atoms with van der Waals surface area (Å²) >= 11 is 1.51. The fraction of sp³-hybridized carbons (Fsp3) is 0.300. The number of carbonyl (C=O) groups excluding carboxylic acids is 2. The highest BCUT2D eigenvalue weighted by Crippen LogP contribution is 2.23. The molecule has 0 aliphatic carbocycles. The third kappa shape index (κ3) is 4.38. The molecule has 2 aromatic heterocycles. The van der Waals surface area contributed by atoms with Gasteiger partial charge >= 0.3 is 5.97 Å². The first-order chi connectivity index (χ1) is 14.5. The molecule has 1 aliphatic heterocycles. The Morgan fingerprint density at radius 2 is 2.03 bits per heavy atom. The second kappa shape index (κ2) is 8.70. The largest absolute Gasteiger partial charge is 0.455 e. The molecule has 1 aliphatic rings. The maximum absolute atomic E-state index is 13.8. The summed E-state index contributed by atoms with van der Waals surface area (Å²) in [5.41, 5.74) is 0.645. The van der Waals surface area contributed by atoms with Crippen molar-refractivity contribution in [2.45, 2.75) is 19.4 Å². The molecule has 1 fully saturated rings. The highest BCUT2D eigenvalue weighted by atomic mass is 32.1. The number of nitrogens with zero attached hydrogens (tertiary/aromatic N) is 3. The third-order valence-electron chi connectivity index (χ3n) is 4.86. The average Bonchev–Trinajstić information content (AvgIpc) is 3.43. The van der Waals surface area contributed by atoms with Crippen LogP contribution in [0.1, 0.15) is 29.1 Å². The van der Waals surface area contributed by atoms with E-state index in [4.69, 9.17) is 9.26 Å². The normalized spacial score (nSPS) is 14.7. The summed E-state index contributed by atoms with van der Waals surface area (Å²) in [5, 5.41) is 7.63. The van der Waals surface area contributed by atoms with E-state index in [0.717, 1.165) is 17.7 Å². The lowest BCUT2D eigenvalue weighted by atomic mass is 9.96. The molecule has 0 saturated carbocycles. The van der Waals surface area contributed by atoms with Gasteiger partial charge in [-0.25, -0.2) is 8.78 Å². The summed E-state index contributed by atoms with van der Waals surface area (Å²) in [6.07, 6.45) is 0.773. The zero-order valence-corrected chi connectivity index (χ0v) is 16.5. The molecule has 156 valence electrons. The molecular weight excluding hydrogens is 416 g/mol. The number of hydrogen-bond donors (Lipinski definition) is 0. The van der Waals surface area contributed by atoms with E-state index in [0.29, 0.717) is 24.7 Å². The molecule has 0 radical (unpaired) electrons. The molecule has 30 heavy (non-hydrogen) atoms. The predicted octanol–water partition coefficient (Wildman–Crippen LogP) is 3.67. The lowest BCUT2D eigenvalue weighted by molar-refractivity contribution is -0.152. The summed E-state index contributed by atoms with van der Waals surface area (Å²) in [4.78, 5) is 30.4. The molecule has 4 rings (SSSR count). The van der Waals surface area contributed by atoms with Crippen molar-refractivity contribution < 1.29 is 27.6 Å². The van der Waals surface area contributed by atoms with Crippen LogP contribution in [0.2, 0.25) is 0 Å². The third-order valence-corrected chi connectivity index (χ3v) is 5.55. The Balaban J connectivity index is 1.27. The molecule has 1 amide bonds. The molecule has 0 N–H and O–H groups in total. The van der Waals surface area contributed by atoms with Crippen molar-refractivity contribution in [1.82, 2.24) is 15.0 Å². The van der Waals surface area contributed by atoms with Crippen molar-refractivity contribution in [2.75, 3.05) is 13.1 Å². The molecule has 0 atom stereocenters. The number of thiophene rings is 1. The van der Waals surface area contributed by atoms with Gasteiger partial charge in [-0.3, -0.25) is 9.59 Å². The van der Waals surface area contributed by atoms with Gasteiger partial charge in [-0.2, -0.15) is 16.3 Å². The molecule has 10 heteroatoms. The molecule has 1 saturated heterocycles. The number of rotatable bonds is 5. The minimum atomic E-state index is -0.900. The number of piperidine rings is 1. The Labute approximate surface area is 174 Å². The lowest BCUT2D eigenvalue weighted by Gasteiger charge is -2.31. The van der Waals surface area contributed by atoms with Crippen molar-refractivity contribution in [2.24, 2.45) is 5.92 Å². The maximum Gasteiger partial charge on any atom is 0.309 e. The van der Waals surface area contributed by atoms with Crippen LogP contribution in [-0.2, 0) is 16.1 Å². The minimum Gasteiger partial charge on any atom is -0.455 e. The Morgan fingerprint density at radius 1 is 1.23 bits per heavy atom. The first-order valence-corrected chi connectivity index (χ1v) is 10.2. The van der Waals surface area contributed by atoms with Crippen molar-refractivity contribution in [3.05, 3.63) is 58.1 Å². The maximum atomic E-state index is 13.8. The van der Waals surface area contributed by atoms with Crippen LogP contribution >= 0.6 is 11.3 Å². The second-order valence-electron chi connectivity index (χ2n) is 6.82. The van der Waals surface area contributed by atoms with Crippen LogP contribution in [0.4, 0.5) is 8.78 Å². The predicted molar refractivity (Wildman–Crippen MR) is 102 cm³/mol. The van der Waals surface area contributed by atoms with Crippen LogP contribution in [0.3, 0.4) is 0 Å². The van der Waals surface area contributed by atoms with Gasteiger partial charge in [0.05, 0.1) is 11.5 Å². The van der Waals surface area contributed by atoms with E-state index in [9.17, 15) is 18.4 Å². The van der Waals surface area contributed by atoms with Gasteiger partial charge in [-0.05, 0) is 36.4 Å². The van der Waals surface area contributed by atoms with Gasteiger partial charge in [0, 0.05) is 30.1 Å². The molecule has 0 spiro atoms. The lowest BCUT2D eigenvalue weighted by Crippen LogP contribution is -2.41. The number of likely N-dealkylation sites (tertiary alicyclic amines) is 1. The van der Waals surface area contributed by atoms with E-state index in [2.05, 4.69) is 10.1 Å². The van der Waals surface area contributed by atoms with Crippen molar-refractivity contribution in [3.63, 3.8) is 0 Å². The molecule has 3 aromatic rings. The number of aromatic nitrogens is 2. The summed E-state index contributed by atoms with van der Waals surface area (Å²) in [5.74, 6) is -2.33. The Kier molecular flexibility index (Phi) is 5.84. The van der Waals surface area contributed by atoms with E-state index in [1.807, 2.05) is 16.8 Å². The van der Waals surface area contributed by atoms with Gasteiger partial charge in [0.1, 0.15) is 11.6 Å². The van der Waals surface area contributed by atoms with Gasteiger partial charge in [-0.15, -0.1) is 0 Å². The van der Waals surface area contributed by atoms with E-state index in [-0.39, 0.29) is 37.1 Å². The van der Waals surface area contributed by atoms with E-state index >= 15 is 0 Å². The van der Waals surface area contributed by atoms with Gasteiger partial charge in [-0.1, -0.05) is 5.16 Å². The average molecular weight is 433 g/mol. The number of carbonyl (C=O) groups is 2. The summed E-state index contributed by atoms with van der Waals surface area (Å²) < 4.78 is 37.2. The molecular formula is C20H17F2N3O4S. The van der Waals surface area contributed by atoms with Gasteiger partial charge < -0.3 is 14.2 Å². The number of amides is 1. The van der Waals surface area contributed by atoms with E-state index in [1.165, 1.54) is 16.2 Å². The highest BCUT2D eigenvalue weighted by Gasteiger charge is 2.30. The number of hydrogen-bond acceptors (Lipinski definition) is 7. The fourth-order valence-corrected chi connectivity index (χ4v) is 3.86. The van der Waals surface area contributed by atoms with Crippen LogP contribution in [-0.4, -0.2) is 40.0 Å². The Hall–Kier alpha value is -3.14. The minimum absolute atomic E-state index is 0.129. The highest BCUT2D eigenvalue weighted by molar-refractivity contribution is 7.08. The zero-order valence-electron chi connectivity index (χ0n) is 15.7. The van der Waals surface area contributed by atoms with Gasteiger partial charge in [0.15, 0.2) is 6.61 Å². The molecule has 1 aromatic carbocycles. The van der Waals surface area contributed by atoms with E-state index in [1.54, 1.807) is 0 Å². The quantitative estimate of drug-likeness (QED) is 0.571. The van der Waals surface area contributed by atoms with Crippen molar-refractivity contribution in [3.8, 4) is 11.4 Å². The topological polar surface area (TPSA) is 85.5 Å². The first-order valence-electron chi connectivity index (χ1n) is 9.27. The number of halogens is 2. The van der Waals surface area contributed by atoms with Crippen LogP contribution in [0.5, 0.6) is 0 Å². The Morgan fingerprint density at radius 3 is 2.73 bits per heavy atom. The number of esters is 1. The molecule has 3 heterocycles. The summed E-state index contributed by atoms with van der Waals surface area (Å²) in [7, 11) is 0. The van der Waals surface area contributed by atoms with Crippen LogP contribution in [0.15, 0.2) is 39.5 Å². The first kappa shape index (κ1) is 20.1. The molecule has 7 nitrogen and oxygen atoms in total. The fourth-order valence-electron chi connectivity index (χ4n) is 3.22.